The number of piperazine rings is 1. The molecular weight excluding hydrogens is 504 g/mol. The fourth-order valence-electron chi connectivity index (χ4n) is 6.27. The molecular formula is C30H42N8O2. The standard InChI is InChI=1S/C30H42N8O2/c1-4-24-30(33-21-9-16-40-19-21)35-27-23(18-32-29(31)28(27)34-24)20-5-6-25(26(17-20)39-3)38-10-7-22(8-11-38)37-14-12-36(2)13-15-37/h5-6,17-18,21-22H,4,7-16,19H2,1-3H3,(H2,31,32)(H,33,35)/t21-/m0/s1. The number of benzene rings is 1. The van der Waals surface area contributed by atoms with E-state index in [9.17, 15) is 0 Å². The van der Waals surface area contributed by atoms with Gasteiger partial charge < -0.3 is 30.3 Å². The minimum Gasteiger partial charge on any atom is -0.495 e. The quantitative estimate of drug-likeness (QED) is 0.459. The van der Waals surface area contributed by atoms with Crippen molar-refractivity contribution in [2.75, 3.05) is 82.6 Å². The summed E-state index contributed by atoms with van der Waals surface area (Å²) in [5, 5.41) is 3.56. The number of nitrogens with zero attached hydrogens (tertiary/aromatic N) is 6. The maximum atomic E-state index is 6.30. The van der Waals surface area contributed by atoms with E-state index in [2.05, 4.69) is 57.2 Å². The normalized spacial score (nSPS) is 21.3. The van der Waals surface area contributed by atoms with Gasteiger partial charge in [-0.2, -0.15) is 0 Å². The van der Waals surface area contributed by atoms with Crippen LogP contribution in [0.25, 0.3) is 22.2 Å². The van der Waals surface area contributed by atoms with Crippen LogP contribution in [-0.4, -0.2) is 103 Å². The fraction of sp³-hybridized carbons (Fsp3) is 0.567. The highest BCUT2D eigenvalue weighted by Gasteiger charge is 2.28. The van der Waals surface area contributed by atoms with E-state index in [0.717, 1.165) is 72.1 Å². The lowest BCUT2D eigenvalue weighted by Gasteiger charge is -2.42. The maximum Gasteiger partial charge on any atom is 0.151 e. The van der Waals surface area contributed by atoms with Gasteiger partial charge in [0.15, 0.2) is 5.82 Å². The van der Waals surface area contributed by atoms with Crippen molar-refractivity contribution in [2.45, 2.75) is 44.7 Å². The molecule has 2 aromatic heterocycles. The first kappa shape index (κ1) is 27.0. The van der Waals surface area contributed by atoms with E-state index < -0.39 is 0 Å². The molecule has 6 rings (SSSR count). The van der Waals surface area contributed by atoms with E-state index in [0.29, 0.717) is 24.0 Å². The lowest BCUT2D eigenvalue weighted by Crippen LogP contribution is -2.52. The molecule has 1 aromatic carbocycles. The second-order valence-corrected chi connectivity index (χ2v) is 11.3. The zero-order valence-corrected chi connectivity index (χ0v) is 24.0. The molecule has 3 saturated heterocycles. The Morgan fingerprint density at radius 3 is 2.55 bits per heavy atom. The number of fused-ring (bicyclic) bond motifs is 1. The molecule has 0 bridgehead atoms. The van der Waals surface area contributed by atoms with Gasteiger partial charge >= 0.3 is 0 Å². The van der Waals surface area contributed by atoms with Gasteiger partial charge in [-0.1, -0.05) is 13.0 Å². The third kappa shape index (κ3) is 5.40. The Morgan fingerprint density at radius 2 is 1.85 bits per heavy atom. The van der Waals surface area contributed by atoms with Crippen molar-refractivity contribution in [3.63, 3.8) is 0 Å². The Kier molecular flexibility index (Phi) is 7.91. The first-order valence-electron chi connectivity index (χ1n) is 14.7. The molecule has 3 aliphatic rings. The Balaban J connectivity index is 1.27. The van der Waals surface area contributed by atoms with E-state index in [1.807, 2.05) is 0 Å². The zero-order valence-electron chi connectivity index (χ0n) is 24.0. The number of hydrogen-bond donors (Lipinski definition) is 2. The number of nitrogen functional groups attached to an aromatic ring is 1. The van der Waals surface area contributed by atoms with E-state index in [1.165, 1.54) is 39.0 Å². The molecule has 40 heavy (non-hydrogen) atoms. The number of aromatic nitrogens is 3. The summed E-state index contributed by atoms with van der Waals surface area (Å²) in [5.41, 5.74) is 11.6. The van der Waals surface area contributed by atoms with Crippen LogP contribution in [0.3, 0.4) is 0 Å². The number of rotatable bonds is 7. The summed E-state index contributed by atoms with van der Waals surface area (Å²) in [6.45, 7) is 10.3. The lowest BCUT2D eigenvalue weighted by molar-refractivity contribution is 0.0981. The van der Waals surface area contributed by atoms with Crippen molar-refractivity contribution in [3.8, 4) is 16.9 Å². The molecule has 214 valence electrons. The molecule has 10 nitrogen and oxygen atoms in total. The van der Waals surface area contributed by atoms with Crippen LogP contribution in [-0.2, 0) is 11.2 Å². The van der Waals surface area contributed by atoms with E-state index >= 15 is 0 Å². The Hall–Kier alpha value is -3.21. The predicted octanol–water partition coefficient (Wildman–Crippen LogP) is 3.26. The SMILES string of the molecule is CCc1nc2c(N)ncc(-c3ccc(N4CCC(N5CCN(C)CC5)CC4)c(OC)c3)c2nc1N[C@H]1CCOC1. The van der Waals surface area contributed by atoms with Gasteiger partial charge in [0.05, 0.1) is 31.1 Å². The molecule has 3 N–H and O–H groups in total. The van der Waals surface area contributed by atoms with Gasteiger partial charge in [0, 0.05) is 63.7 Å². The number of nitrogens with two attached hydrogens (primary N) is 1. The number of methoxy groups -OCH3 is 1. The summed E-state index contributed by atoms with van der Waals surface area (Å²) in [4.78, 5) is 22.0. The van der Waals surface area contributed by atoms with E-state index in [4.69, 9.17) is 25.2 Å². The number of pyridine rings is 1. The molecule has 0 aliphatic carbocycles. The van der Waals surface area contributed by atoms with Crippen LogP contribution >= 0.6 is 0 Å². The second kappa shape index (κ2) is 11.7. The van der Waals surface area contributed by atoms with Crippen LogP contribution in [0.4, 0.5) is 17.3 Å². The van der Waals surface area contributed by atoms with Crippen LogP contribution in [0.2, 0.25) is 0 Å². The third-order valence-corrected chi connectivity index (χ3v) is 8.75. The number of anilines is 3. The summed E-state index contributed by atoms with van der Waals surface area (Å²) in [5.74, 6) is 2.05. The molecule has 0 radical (unpaired) electrons. The first-order valence-corrected chi connectivity index (χ1v) is 14.7. The van der Waals surface area contributed by atoms with Crippen molar-refractivity contribution in [1.82, 2.24) is 24.8 Å². The number of piperidine rings is 1. The first-order chi connectivity index (χ1) is 19.5. The summed E-state index contributed by atoms with van der Waals surface area (Å²) < 4.78 is 11.5. The van der Waals surface area contributed by atoms with Crippen LogP contribution in [0, 0.1) is 0 Å². The molecule has 0 spiro atoms. The van der Waals surface area contributed by atoms with Crippen LogP contribution in [0.5, 0.6) is 5.75 Å². The van der Waals surface area contributed by atoms with Gasteiger partial charge in [0.2, 0.25) is 0 Å². The summed E-state index contributed by atoms with van der Waals surface area (Å²) >= 11 is 0. The van der Waals surface area contributed by atoms with E-state index in [-0.39, 0.29) is 6.04 Å². The second-order valence-electron chi connectivity index (χ2n) is 11.3. The molecule has 0 amide bonds. The molecule has 3 aliphatic heterocycles. The molecule has 1 atom stereocenters. The summed E-state index contributed by atoms with van der Waals surface area (Å²) in [6, 6.07) is 7.33. The van der Waals surface area contributed by atoms with Crippen LogP contribution < -0.4 is 20.7 Å². The average Bonchev–Trinajstić information content (AvgIpc) is 3.50. The molecule has 3 fully saturated rings. The molecule has 0 saturated carbocycles. The highest BCUT2D eigenvalue weighted by Crippen LogP contribution is 2.38. The van der Waals surface area contributed by atoms with Gasteiger partial charge in [-0.3, -0.25) is 4.90 Å². The van der Waals surface area contributed by atoms with Crippen LogP contribution in [0.1, 0.15) is 31.9 Å². The number of aryl methyl sites for hydroxylation is 1. The number of nitrogens with one attached hydrogen (secondary N) is 1. The minimum atomic E-state index is 0.236. The maximum absolute atomic E-state index is 6.30. The van der Waals surface area contributed by atoms with Crippen molar-refractivity contribution < 1.29 is 9.47 Å². The fourth-order valence-corrected chi connectivity index (χ4v) is 6.27. The van der Waals surface area contributed by atoms with Crippen LogP contribution in [0.15, 0.2) is 24.4 Å². The lowest BCUT2D eigenvalue weighted by atomic mass is 10.00. The summed E-state index contributed by atoms with van der Waals surface area (Å²) in [7, 11) is 3.97. The topological polar surface area (TPSA) is 105 Å². The number of hydrogen-bond acceptors (Lipinski definition) is 10. The zero-order chi connectivity index (χ0) is 27.6. The van der Waals surface area contributed by atoms with Crippen molar-refractivity contribution in [2.24, 2.45) is 0 Å². The van der Waals surface area contributed by atoms with Gasteiger partial charge in [-0.25, -0.2) is 15.0 Å². The van der Waals surface area contributed by atoms with Gasteiger partial charge in [0.25, 0.3) is 0 Å². The number of likely N-dealkylation sites (N-methyl/N-ethyl adjacent to an activating group) is 1. The summed E-state index contributed by atoms with van der Waals surface area (Å²) in [6.07, 6.45) is 5.86. The van der Waals surface area contributed by atoms with Crippen molar-refractivity contribution in [1.29, 1.82) is 0 Å². The van der Waals surface area contributed by atoms with Gasteiger partial charge in [-0.05, 0) is 50.4 Å². The van der Waals surface area contributed by atoms with Crippen molar-refractivity contribution in [3.05, 3.63) is 30.1 Å². The Bertz CT molecular complexity index is 1330. The molecule has 0 unspecified atom stereocenters. The Morgan fingerprint density at radius 1 is 1.05 bits per heavy atom. The molecule has 5 heterocycles. The highest BCUT2D eigenvalue weighted by molar-refractivity contribution is 5.97. The smallest absolute Gasteiger partial charge is 0.151 e. The Labute approximate surface area is 236 Å². The number of ether oxygens (including phenoxy) is 2. The average molecular weight is 547 g/mol. The predicted molar refractivity (Wildman–Crippen MR) is 160 cm³/mol. The highest BCUT2D eigenvalue weighted by atomic mass is 16.5. The molecule has 10 heteroatoms. The molecule has 3 aromatic rings. The van der Waals surface area contributed by atoms with Gasteiger partial charge in [0.1, 0.15) is 22.6 Å². The third-order valence-electron chi connectivity index (χ3n) is 8.75. The van der Waals surface area contributed by atoms with Gasteiger partial charge in [-0.15, -0.1) is 0 Å². The monoisotopic (exact) mass is 546 g/mol. The minimum absolute atomic E-state index is 0.236. The largest absolute Gasteiger partial charge is 0.495 e. The van der Waals surface area contributed by atoms with E-state index in [1.54, 1.807) is 13.3 Å². The van der Waals surface area contributed by atoms with Crippen molar-refractivity contribution >= 4 is 28.4 Å².